The number of aliphatic carboxylic acids is 1. The second-order valence-corrected chi connectivity index (χ2v) is 6.02. The predicted molar refractivity (Wildman–Crippen MR) is 89.0 cm³/mol. The number of hydrogen-bond acceptors (Lipinski definition) is 5. The number of aromatic nitrogens is 1. The van der Waals surface area contributed by atoms with E-state index in [1.165, 1.54) is 10.5 Å². The SMILES string of the molecule is Cc1ccc(-c2cnc(CCC(=O)N3CCOC(C(=O)O)C3)o2)cc1. The summed E-state index contributed by atoms with van der Waals surface area (Å²) in [6.07, 6.45) is 1.30. The number of nitrogens with zero attached hydrogens (tertiary/aromatic N) is 2. The molecule has 1 amide bonds. The molecule has 1 N–H and O–H groups in total. The first kappa shape index (κ1) is 17.2. The van der Waals surface area contributed by atoms with Crippen molar-refractivity contribution in [2.24, 2.45) is 0 Å². The van der Waals surface area contributed by atoms with E-state index in [1.807, 2.05) is 31.2 Å². The number of oxazole rings is 1. The highest BCUT2D eigenvalue weighted by Gasteiger charge is 2.28. The van der Waals surface area contributed by atoms with Gasteiger partial charge in [0, 0.05) is 24.9 Å². The number of hydrogen-bond donors (Lipinski definition) is 1. The predicted octanol–water partition coefficient (Wildman–Crippen LogP) is 1.89. The van der Waals surface area contributed by atoms with Crippen molar-refractivity contribution in [3.63, 3.8) is 0 Å². The van der Waals surface area contributed by atoms with Crippen molar-refractivity contribution in [3.8, 4) is 11.3 Å². The summed E-state index contributed by atoms with van der Waals surface area (Å²) in [4.78, 5) is 29.0. The smallest absolute Gasteiger partial charge is 0.334 e. The molecule has 0 bridgehead atoms. The molecule has 2 heterocycles. The lowest BCUT2D eigenvalue weighted by molar-refractivity contribution is -0.159. The zero-order valence-corrected chi connectivity index (χ0v) is 14.0. The van der Waals surface area contributed by atoms with E-state index in [0.717, 1.165) is 5.56 Å². The van der Waals surface area contributed by atoms with Crippen molar-refractivity contribution in [1.29, 1.82) is 0 Å². The van der Waals surface area contributed by atoms with E-state index >= 15 is 0 Å². The van der Waals surface area contributed by atoms with Gasteiger partial charge < -0.3 is 19.2 Å². The van der Waals surface area contributed by atoms with Crippen LogP contribution in [0.4, 0.5) is 0 Å². The number of carbonyl (C=O) groups excluding carboxylic acids is 1. The molecular formula is C18H20N2O5. The first-order valence-corrected chi connectivity index (χ1v) is 8.17. The minimum absolute atomic E-state index is 0.0777. The third-order valence-electron chi connectivity index (χ3n) is 4.14. The van der Waals surface area contributed by atoms with Crippen LogP contribution in [0, 0.1) is 6.92 Å². The first-order chi connectivity index (χ1) is 12.0. The highest BCUT2D eigenvalue weighted by atomic mass is 16.5. The number of aryl methyl sites for hydroxylation is 2. The van der Waals surface area contributed by atoms with Gasteiger partial charge in [-0.1, -0.05) is 29.8 Å². The number of carboxylic acid groups (broad SMARTS) is 1. The Bertz CT molecular complexity index is 753. The van der Waals surface area contributed by atoms with Crippen LogP contribution >= 0.6 is 0 Å². The summed E-state index contributed by atoms with van der Waals surface area (Å²) in [7, 11) is 0. The number of carboxylic acids is 1. The molecule has 3 rings (SSSR count). The van der Waals surface area contributed by atoms with Gasteiger partial charge in [-0.2, -0.15) is 0 Å². The summed E-state index contributed by atoms with van der Waals surface area (Å²) in [5, 5.41) is 8.99. The Morgan fingerprint density at radius 2 is 2.08 bits per heavy atom. The van der Waals surface area contributed by atoms with E-state index in [9.17, 15) is 9.59 Å². The van der Waals surface area contributed by atoms with Crippen LogP contribution in [-0.2, 0) is 20.7 Å². The van der Waals surface area contributed by atoms with E-state index in [4.69, 9.17) is 14.3 Å². The Balaban J connectivity index is 1.56. The molecule has 1 aromatic heterocycles. The largest absolute Gasteiger partial charge is 0.479 e. The number of ether oxygens (including phenoxy) is 1. The molecule has 1 aromatic carbocycles. The fraction of sp³-hybridized carbons (Fsp3) is 0.389. The van der Waals surface area contributed by atoms with Gasteiger partial charge in [0.25, 0.3) is 0 Å². The van der Waals surface area contributed by atoms with Crippen molar-refractivity contribution < 1.29 is 23.8 Å². The van der Waals surface area contributed by atoms with E-state index in [2.05, 4.69) is 4.98 Å². The van der Waals surface area contributed by atoms with Crippen LogP contribution in [0.2, 0.25) is 0 Å². The molecule has 1 atom stereocenters. The number of rotatable bonds is 5. The lowest BCUT2D eigenvalue weighted by atomic mass is 10.1. The summed E-state index contributed by atoms with van der Waals surface area (Å²) >= 11 is 0. The minimum atomic E-state index is -1.05. The van der Waals surface area contributed by atoms with Crippen LogP contribution in [0.15, 0.2) is 34.9 Å². The molecular weight excluding hydrogens is 324 g/mol. The van der Waals surface area contributed by atoms with Crippen molar-refractivity contribution in [2.75, 3.05) is 19.7 Å². The Morgan fingerprint density at radius 3 is 2.80 bits per heavy atom. The average molecular weight is 344 g/mol. The van der Waals surface area contributed by atoms with Crippen LogP contribution in [0.1, 0.15) is 17.9 Å². The van der Waals surface area contributed by atoms with Crippen molar-refractivity contribution in [3.05, 3.63) is 41.9 Å². The Labute approximate surface area is 145 Å². The van der Waals surface area contributed by atoms with Crippen LogP contribution in [0.25, 0.3) is 11.3 Å². The fourth-order valence-corrected chi connectivity index (χ4v) is 2.67. The van der Waals surface area contributed by atoms with Gasteiger partial charge in [0.2, 0.25) is 5.91 Å². The molecule has 132 valence electrons. The second-order valence-electron chi connectivity index (χ2n) is 6.02. The molecule has 1 fully saturated rings. The van der Waals surface area contributed by atoms with E-state index < -0.39 is 12.1 Å². The van der Waals surface area contributed by atoms with Crippen molar-refractivity contribution in [1.82, 2.24) is 9.88 Å². The summed E-state index contributed by atoms with van der Waals surface area (Å²) in [5.74, 6) is -0.00990. The maximum Gasteiger partial charge on any atom is 0.334 e. The third-order valence-corrected chi connectivity index (χ3v) is 4.14. The molecule has 7 nitrogen and oxygen atoms in total. The maximum atomic E-state index is 12.3. The molecule has 0 spiro atoms. The van der Waals surface area contributed by atoms with Crippen molar-refractivity contribution >= 4 is 11.9 Å². The highest BCUT2D eigenvalue weighted by Crippen LogP contribution is 2.21. The van der Waals surface area contributed by atoms with Gasteiger partial charge >= 0.3 is 5.97 Å². The summed E-state index contributed by atoms with van der Waals surface area (Å²) in [5.41, 5.74) is 2.10. The third kappa shape index (κ3) is 4.24. The number of amides is 1. The maximum absolute atomic E-state index is 12.3. The van der Waals surface area contributed by atoms with Crippen LogP contribution in [0.5, 0.6) is 0 Å². The summed E-state index contributed by atoms with van der Waals surface area (Å²) in [6.45, 7) is 2.73. The Morgan fingerprint density at radius 1 is 1.32 bits per heavy atom. The quantitative estimate of drug-likeness (QED) is 0.890. The van der Waals surface area contributed by atoms with Crippen LogP contribution in [-0.4, -0.2) is 52.7 Å². The molecule has 25 heavy (non-hydrogen) atoms. The fourth-order valence-electron chi connectivity index (χ4n) is 2.67. The molecule has 0 radical (unpaired) electrons. The molecule has 1 aliphatic rings. The minimum Gasteiger partial charge on any atom is -0.479 e. The van der Waals surface area contributed by atoms with Gasteiger partial charge in [0.15, 0.2) is 17.8 Å². The Kier molecular flexibility index (Phi) is 5.14. The van der Waals surface area contributed by atoms with Gasteiger partial charge in [0.05, 0.1) is 19.3 Å². The molecule has 1 saturated heterocycles. The van der Waals surface area contributed by atoms with Crippen LogP contribution < -0.4 is 0 Å². The topological polar surface area (TPSA) is 92.9 Å². The summed E-state index contributed by atoms with van der Waals surface area (Å²) in [6, 6.07) is 7.92. The lowest BCUT2D eigenvalue weighted by Crippen LogP contribution is -2.48. The normalized spacial score (nSPS) is 17.5. The molecule has 1 aliphatic heterocycles. The first-order valence-electron chi connectivity index (χ1n) is 8.17. The van der Waals surface area contributed by atoms with Gasteiger partial charge in [-0.15, -0.1) is 0 Å². The van der Waals surface area contributed by atoms with Crippen molar-refractivity contribution in [2.45, 2.75) is 25.9 Å². The molecule has 7 heteroatoms. The average Bonchev–Trinajstić information content (AvgIpc) is 3.09. The Hall–Kier alpha value is -2.67. The second kappa shape index (κ2) is 7.48. The van der Waals surface area contributed by atoms with Gasteiger partial charge in [-0.05, 0) is 6.92 Å². The molecule has 0 aliphatic carbocycles. The highest BCUT2D eigenvalue weighted by molar-refractivity contribution is 5.78. The number of morpholine rings is 1. The van der Waals surface area contributed by atoms with Gasteiger partial charge in [-0.25, -0.2) is 9.78 Å². The van der Waals surface area contributed by atoms with Gasteiger partial charge in [0.1, 0.15) is 0 Å². The zero-order valence-electron chi connectivity index (χ0n) is 14.0. The van der Waals surface area contributed by atoms with E-state index in [-0.39, 0.29) is 25.5 Å². The van der Waals surface area contributed by atoms with E-state index in [1.54, 1.807) is 6.20 Å². The monoisotopic (exact) mass is 344 g/mol. The number of benzene rings is 1. The van der Waals surface area contributed by atoms with Gasteiger partial charge in [-0.3, -0.25) is 4.79 Å². The molecule has 1 unspecified atom stereocenters. The molecule has 0 saturated carbocycles. The zero-order chi connectivity index (χ0) is 17.8. The number of carbonyl (C=O) groups is 2. The van der Waals surface area contributed by atoms with E-state index in [0.29, 0.717) is 24.6 Å². The van der Waals surface area contributed by atoms with Crippen LogP contribution in [0.3, 0.4) is 0 Å². The summed E-state index contributed by atoms with van der Waals surface area (Å²) < 4.78 is 10.8. The standard InChI is InChI=1S/C18H20N2O5/c1-12-2-4-13(5-3-12)14-10-19-16(25-14)6-7-17(21)20-8-9-24-15(11-20)18(22)23/h2-5,10,15H,6-9,11H2,1H3,(H,22,23). The molecule has 2 aromatic rings. The lowest BCUT2D eigenvalue weighted by Gasteiger charge is -2.30.